The zero-order chi connectivity index (χ0) is 11.4. The summed E-state index contributed by atoms with van der Waals surface area (Å²) in [5, 5.41) is 0. The average molecular weight is 200 g/mol. The van der Waals surface area contributed by atoms with Crippen molar-refractivity contribution in [3.63, 3.8) is 0 Å². The highest BCUT2D eigenvalue weighted by molar-refractivity contribution is 5.84. The second kappa shape index (κ2) is 4.65. The molecular formula is C14H16O. The van der Waals surface area contributed by atoms with Gasteiger partial charge in [-0.05, 0) is 24.1 Å². The maximum atomic E-state index is 5.31. The Balaban J connectivity index is 3.40. The summed E-state index contributed by atoms with van der Waals surface area (Å²) in [6.45, 7) is 13.6. The van der Waals surface area contributed by atoms with Crippen LogP contribution in [-0.2, 0) is 0 Å². The third-order valence-corrected chi connectivity index (χ3v) is 2.32. The summed E-state index contributed by atoms with van der Waals surface area (Å²) in [6, 6.07) is 5.83. The van der Waals surface area contributed by atoms with Crippen LogP contribution in [0.25, 0.3) is 11.6 Å². The van der Waals surface area contributed by atoms with Gasteiger partial charge in [0.15, 0.2) is 0 Å². The molecule has 0 spiro atoms. The summed E-state index contributed by atoms with van der Waals surface area (Å²) in [4.78, 5) is 0. The molecule has 0 fully saturated rings. The molecule has 0 aliphatic carbocycles. The molecule has 1 heteroatoms. The standard InChI is InChI=1S/C14H16O/c1-6-12-8-7-9-13(15-5)14(12)11(4)10(2)3/h6-9H,1-2,4H2,3,5H3. The molecule has 0 saturated heterocycles. The van der Waals surface area contributed by atoms with E-state index in [1.807, 2.05) is 25.1 Å². The largest absolute Gasteiger partial charge is 0.496 e. The van der Waals surface area contributed by atoms with Crippen LogP contribution >= 0.6 is 0 Å². The van der Waals surface area contributed by atoms with Crippen molar-refractivity contribution < 1.29 is 4.74 Å². The van der Waals surface area contributed by atoms with E-state index in [2.05, 4.69) is 19.7 Å². The fraction of sp³-hybridized carbons (Fsp3) is 0.143. The molecule has 1 rings (SSSR count). The van der Waals surface area contributed by atoms with Crippen LogP contribution in [0.5, 0.6) is 5.75 Å². The smallest absolute Gasteiger partial charge is 0.127 e. The zero-order valence-corrected chi connectivity index (χ0v) is 9.34. The molecule has 78 valence electrons. The first kappa shape index (κ1) is 11.3. The Morgan fingerprint density at radius 3 is 2.47 bits per heavy atom. The number of hydrogen-bond acceptors (Lipinski definition) is 1. The van der Waals surface area contributed by atoms with E-state index in [-0.39, 0.29) is 0 Å². The molecule has 0 saturated carbocycles. The molecule has 0 aliphatic rings. The van der Waals surface area contributed by atoms with Gasteiger partial charge in [0.1, 0.15) is 5.75 Å². The van der Waals surface area contributed by atoms with Crippen LogP contribution in [0.1, 0.15) is 18.1 Å². The maximum Gasteiger partial charge on any atom is 0.127 e. The van der Waals surface area contributed by atoms with Crippen LogP contribution in [0.15, 0.2) is 43.5 Å². The van der Waals surface area contributed by atoms with Crippen LogP contribution in [0, 0.1) is 0 Å². The molecule has 0 radical (unpaired) electrons. The van der Waals surface area contributed by atoms with Gasteiger partial charge in [0.25, 0.3) is 0 Å². The van der Waals surface area contributed by atoms with Crippen LogP contribution in [0.2, 0.25) is 0 Å². The van der Waals surface area contributed by atoms with E-state index in [0.29, 0.717) is 0 Å². The summed E-state index contributed by atoms with van der Waals surface area (Å²) >= 11 is 0. The number of methoxy groups -OCH3 is 1. The lowest BCUT2D eigenvalue weighted by Gasteiger charge is -2.13. The molecule has 1 aromatic carbocycles. The van der Waals surface area contributed by atoms with Crippen molar-refractivity contribution in [2.75, 3.05) is 7.11 Å². The molecular weight excluding hydrogens is 184 g/mol. The lowest BCUT2D eigenvalue weighted by atomic mass is 9.95. The molecule has 0 amide bonds. The van der Waals surface area contributed by atoms with Crippen molar-refractivity contribution in [2.24, 2.45) is 0 Å². The Hall–Kier alpha value is -1.76. The maximum absolute atomic E-state index is 5.31. The van der Waals surface area contributed by atoms with E-state index in [4.69, 9.17) is 4.74 Å². The van der Waals surface area contributed by atoms with Crippen LogP contribution in [0.3, 0.4) is 0 Å². The van der Waals surface area contributed by atoms with Crippen LogP contribution in [0.4, 0.5) is 0 Å². The van der Waals surface area contributed by atoms with E-state index < -0.39 is 0 Å². The molecule has 1 nitrogen and oxygen atoms in total. The van der Waals surface area contributed by atoms with E-state index in [1.54, 1.807) is 13.2 Å². The first-order valence-electron chi connectivity index (χ1n) is 4.76. The predicted molar refractivity (Wildman–Crippen MR) is 66.9 cm³/mol. The van der Waals surface area contributed by atoms with Gasteiger partial charge in [-0.25, -0.2) is 0 Å². The number of ether oxygens (including phenoxy) is 1. The Kier molecular flexibility index (Phi) is 3.51. The van der Waals surface area contributed by atoms with Gasteiger partial charge in [-0.1, -0.05) is 43.5 Å². The van der Waals surface area contributed by atoms with E-state index in [0.717, 1.165) is 28.0 Å². The summed E-state index contributed by atoms with van der Waals surface area (Å²) in [7, 11) is 1.65. The van der Waals surface area contributed by atoms with Gasteiger partial charge in [-0.2, -0.15) is 0 Å². The van der Waals surface area contributed by atoms with E-state index >= 15 is 0 Å². The molecule has 1 aromatic rings. The van der Waals surface area contributed by atoms with Gasteiger partial charge < -0.3 is 4.74 Å². The Labute approximate surface area is 91.4 Å². The van der Waals surface area contributed by atoms with Gasteiger partial charge in [0, 0.05) is 5.56 Å². The fourth-order valence-corrected chi connectivity index (χ4v) is 1.42. The minimum absolute atomic E-state index is 0.806. The average Bonchev–Trinajstić information content (AvgIpc) is 2.26. The lowest BCUT2D eigenvalue weighted by molar-refractivity contribution is 0.413. The first-order valence-corrected chi connectivity index (χ1v) is 4.76. The van der Waals surface area contributed by atoms with Crippen molar-refractivity contribution in [1.82, 2.24) is 0 Å². The second-order valence-electron chi connectivity index (χ2n) is 3.39. The van der Waals surface area contributed by atoms with Crippen LogP contribution in [-0.4, -0.2) is 7.11 Å². The van der Waals surface area contributed by atoms with Gasteiger partial charge in [0.2, 0.25) is 0 Å². The molecule has 0 aromatic heterocycles. The molecule has 0 bridgehead atoms. The SMILES string of the molecule is C=Cc1cccc(OC)c1C(=C)C(=C)C. The van der Waals surface area contributed by atoms with Gasteiger partial charge in [0.05, 0.1) is 7.11 Å². The predicted octanol–water partition coefficient (Wildman–Crippen LogP) is 3.93. The zero-order valence-electron chi connectivity index (χ0n) is 9.34. The van der Waals surface area contributed by atoms with Crippen molar-refractivity contribution in [1.29, 1.82) is 0 Å². The Morgan fingerprint density at radius 1 is 1.33 bits per heavy atom. The van der Waals surface area contributed by atoms with Gasteiger partial charge in [-0.3, -0.25) is 0 Å². The molecule has 15 heavy (non-hydrogen) atoms. The minimum atomic E-state index is 0.806. The highest BCUT2D eigenvalue weighted by Gasteiger charge is 2.10. The number of benzene rings is 1. The van der Waals surface area contributed by atoms with Gasteiger partial charge in [-0.15, -0.1) is 0 Å². The third kappa shape index (κ3) is 2.18. The summed E-state index contributed by atoms with van der Waals surface area (Å²) in [6.07, 6.45) is 1.80. The number of allylic oxidation sites excluding steroid dienone is 2. The minimum Gasteiger partial charge on any atom is -0.496 e. The summed E-state index contributed by atoms with van der Waals surface area (Å²) < 4.78 is 5.31. The fourth-order valence-electron chi connectivity index (χ4n) is 1.42. The normalized spacial score (nSPS) is 9.47. The highest BCUT2D eigenvalue weighted by Crippen LogP contribution is 2.32. The molecule has 0 atom stereocenters. The third-order valence-electron chi connectivity index (χ3n) is 2.32. The topological polar surface area (TPSA) is 9.23 Å². The Morgan fingerprint density at radius 2 is 2.00 bits per heavy atom. The van der Waals surface area contributed by atoms with E-state index in [9.17, 15) is 0 Å². The molecule has 0 unspecified atom stereocenters. The Bertz CT molecular complexity index is 413. The number of hydrogen-bond donors (Lipinski definition) is 0. The molecule has 0 heterocycles. The molecule has 0 N–H and O–H groups in total. The van der Waals surface area contributed by atoms with Crippen molar-refractivity contribution in [3.05, 3.63) is 54.6 Å². The van der Waals surface area contributed by atoms with Gasteiger partial charge >= 0.3 is 0 Å². The quantitative estimate of drug-likeness (QED) is 0.669. The van der Waals surface area contributed by atoms with Crippen molar-refractivity contribution >= 4 is 11.6 Å². The van der Waals surface area contributed by atoms with E-state index in [1.165, 1.54) is 0 Å². The van der Waals surface area contributed by atoms with Crippen LogP contribution < -0.4 is 4.74 Å². The van der Waals surface area contributed by atoms with Crippen molar-refractivity contribution in [2.45, 2.75) is 6.92 Å². The molecule has 0 aliphatic heterocycles. The highest BCUT2D eigenvalue weighted by atomic mass is 16.5. The second-order valence-corrected chi connectivity index (χ2v) is 3.39. The lowest BCUT2D eigenvalue weighted by Crippen LogP contribution is -1.94. The summed E-state index contributed by atoms with van der Waals surface area (Å²) in [5.74, 6) is 0.806. The first-order chi connectivity index (χ1) is 7.11. The van der Waals surface area contributed by atoms with Crippen molar-refractivity contribution in [3.8, 4) is 5.75 Å². The summed E-state index contributed by atoms with van der Waals surface area (Å²) in [5.41, 5.74) is 3.81. The number of rotatable bonds is 4. The monoisotopic (exact) mass is 200 g/mol.